The fourth-order valence-electron chi connectivity index (χ4n) is 2.38. The molecule has 0 saturated carbocycles. The standard InChI is InChI=1S/C15H25FN2O2S/c1-5-15(6-2,7-3)18-21(19,20)14-9-8-12(11-17-4)10-13(14)16/h8-10,17-18H,5-7,11H2,1-4H3. The Kier molecular flexibility index (Phi) is 6.31. The Morgan fingerprint density at radius 1 is 1.14 bits per heavy atom. The smallest absolute Gasteiger partial charge is 0.243 e. The Morgan fingerprint density at radius 2 is 1.71 bits per heavy atom. The number of nitrogens with one attached hydrogen (secondary N) is 2. The summed E-state index contributed by atoms with van der Waals surface area (Å²) in [5.41, 5.74) is 0.191. The van der Waals surface area contributed by atoms with Crippen LogP contribution in [0, 0.1) is 5.82 Å². The molecule has 0 bridgehead atoms. The Morgan fingerprint density at radius 3 is 2.14 bits per heavy atom. The first-order valence-electron chi connectivity index (χ1n) is 7.31. The SMILES string of the molecule is CCC(CC)(CC)NS(=O)(=O)c1ccc(CNC)cc1F. The normalized spacial score (nSPS) is 12.6. The third-order valence-electron chi connectivity index (χ3n) is 4.05. The molecule has 0 saturated heterocycles. The summed E-state index contributed by atoms with van der Waals surface area (Å²) in [6.45, 7) is 6.29. The quantitative estimate of drug-likeness (QED) is 0.775. The average Bonchev–Trinajstić information content (AvgIpc) is 2.45. The van der Waals surface area contributed by atoms with E-state index < -0.39 is 21.4 Å². The van der Waals surface area contributed by atoms with E-state index in [0.29, 0.717) is 31.4 Å². The van der Waals surface area contributed by atoms with Crippen LogP contribution in [0.15, 0.2) is 23.1 Å². The molecular formula is C15H25FN2O2S. The zero-order valence-electron chi connectivity index (χ0n) is 13.2. The summed E-state index contributed by atoms with van der Waals surface area (Å²) in [4.78, 5) is -0.290. The van der Waals surface area contributed by atoms with Gasteiger partial charge < -0.3 is 5.32 Å². The van der Waals surface area contributed by atoms with E-state index in [4.69, 9.17) is 0 Å². The van der Waals surface area contributed by atoms with Crippen molar-refractivity contribution in [3.05, 3.63) is 29.6 Å². The molecule has 0 amide bonds. The second-order valence-corrected chi connectivity index (χ2v) is 6.89. The van der Waals surface area contributed by atoms with E-state index in [-0.39, 0.29) is 4.90 Å². The van der Waals surface area contributed by atoms with Crippen LogP contribution in [0.4, 0.5) is 4.39 Å². The monoisotopic (exact) mass is 316 g/mol. The lowest BCUT2D eigenvalue weighted by atomic mass is 9.91. The first-order chi connectivity index (χ1) is 9.84. The van der Waals surface area contributed by atoms with E-state index in [9.17, 15) is 12.8 Å². The maximum atomic E-state index is 14.1. The van der Waals surface area contributed by atoms with Gasteiger partial charge >= 0.3 is 0 Å². The molecule has 0 aliphatic rings. The summed E-state index contributed by atoms with van der Waals surface area (Å²) in [7, 11) is -2.11. The van der Waals surface area contributed by atoms with E-state index in [2.05, 4.69) is 10.0 Å². The van der Waals surface area contributed by atoms with Crippen molar-refractivity contribution < 1.29 is 12.8 Å². The number of sulfonamides is 1. The molecule has 120 valence electrons. The van der Waals surface area contributed by atoms with Crippen molar-refractivity contribution in [2.24, 2.45) is 0 Å². The minimum atomic E-state index is -3.86. The van der Waals surface area contributed by atoms with Crippen molar-refractivity contribution in [1.82, 2.24) is 10.0 Å². The van der Waals surface area contributed by atoms with Gasteiger partial charge in [0.2, 0.25) is 10.0 Å². The Hall–Kier alpha value is -0.980. The Bertz CT molecular complexity index is 561. The molecule has 0 radical (unpaired) electrons. The minimum absolute atomic E-state index is 0.290. The second kappa shape index (κ2) is 7.33. The van der Waals surface area contributed by atoms with Gasteiger partial charge in [-0.05, 0) is 44.0 Å². The average molecular weight is 316 g/mol. The molecule has 0 aliphatic carbocycles. The molecule has 1 aromatic carbocycles. The lowest BCUT2D eigenvalue weighted by Crippen LogP contribution is -2.47. The fourth-order valence-corrected chi connectivity index (χ4v) is 4.06. The van der Waals surface area contributed by atoms with Gasteiger partial charge in [0.05, 0.1) is 0 Å². The predicted molar refractivity (Wildman–Crippen MR) is 83.1 cm³/mol. The first kappa shape index (κ1) is 18.1. The van der Waals surface area contributed by atoms with Crippen molar-refractivity contribution in [3.8, 4) is 0 Å². The molecule has 0 spiro atoms. The maximum Gasteiger partial charge on any atom is 0.243 e. The Labute approximate surface area is 127 Å². The lowest BCUT2D eigenvalue weighted by molar-refractivity contribution is 0.341. The highest BCUT2D eigenvalue weighted by atomic mass is 32.2. The van der Waals surface area contributed by atoms with E-state index >= 15 is 0 Å². The predicted octanol–water partition coefficient (Wildman–Crippen LogP) is 2.79. The van der Waals surface area contributed by atoms with Crippen molar-refractivity contribution in [1.29, 1.82) is 0 Å². The summed E-state index contributed by atoms with van der Waals surface area (Å²) in [6, 6.07) is 4.21. The first-order valence-corrected chi connectivity index (χ1v) is 8.79. The van der Waals surface area contributed by atoms with Gasteiger partial charge in [0.1, 0.15) is 10.7 Å². The van der Waals surface area contributed by atoms with Gasteiger partial charge in [0.25, 0.3) is 0 Å². The third kappa shape index (κ3) is 4.25. The Balaban J connectivity index is 3.13. The minimum Gasteiger partial charge on any atom is -0.316 e. The molecule has 21 heavy (non-hydrogen) atoms. The van der Waals surface area contributed by atoms with Crippen LogP contribution in [0.5, 0.6) is 0 Å². The highest BCUT2D eigenvalue weighted by molar-refractivity contribution is 7.89. The van der Waals surface area contributed by atoms with Gasteiger partial charge in [0, 0.05) is 12.1 Å². The molecule has 0 aromatic heterocycles. The second-order valence-electron chi connectivity index (χ2n) is 5.24. The summed E-state index contributed by atoms with van der Waals surface area (Å²) < 4.78 is 41.7. The molecule has 0 heterocycles. The highest BCUT2D eigenvalue weighted by Gasteiger charge is 2.31. The molecule has 0 atom stereocenters. The lowest BCUT2D eigenvalue weighted by Gasteiger charge is -2.31. The molecule has 0 fully saturated rings. The van der Waals surface area contributed by atoms with Crippen LogP contribution in [0.3, 0.4) is 0 Å². The van der Waals surface area contributed by atoms with Gasteiger partial charge in [-0.15, -0.1) is 0 Å². The van der Waals surface area contributed by atoms with Gasteiger partial charge in [-0.25, -0.2) is 17.5 Å². The van der Waals surface area contributed by atoms with E-state index in [0.717, 1.165) is 0 Å². The van der Waals surface area contributed by atoms with E-state index in [1.165, 1.54) is 12.1 Å². The maximum absolute atomic E-state index is 14.1. The fraction of sp³-hybridized carbons (Fsp3) is 0.600. The summed E-state index contributed by atoms with van der Waals surface area (Å²) in [5.74, 6) is -0.715. The molecule has 6 heteroatoms. The number of benzene rings is 1. The van der Waals surface area contributed by atoms with Crippen molar-refractivity contribution in [3.63, 3.8) is 0 Å². The molecule has 2 N–H and O–H groups in total. The van der Waals surface area contributed by atoms with Crippen molar-refractivity contribution in [2.45, 2.75) is 57.0 Å². The van der Waals surface area contributed by atoms with Crippen LogP contribution < -0.4 is 10.0 Å². The number of rotatable bonds is 8. The van der Waals surface area contributed by atoms with Crippen LogP contribution in [-0.4, -0.2) is 21.0 Å². The van der Waals surface area contributed by atoms with Crippen LogP contribution in [0.25, 0.3) is 0 Å². The number of hydrogen-bond donors (Lipinski definition) is 2. The van der Waals surface area contributed by atoms with E-state index in [1.54, 1.807) is 13.1 Å². The van der Waals surface area contributed by atoms with Gasteiger partial charge in [0.15, 0.2) is 0 Å². The summed E-state index contributed by atoms with van der Waals surface area (Å²) in [6.07, 6.45) is 2.00. The van der Waals surface area contributed by atoms with E-state index in [1.807, 2.05) is 20.8 Å². The molecule has 1 rings (SSSR count). The third-order valence-corrected chi connectivity index (χ3v) is 5.66. The molecule has 1 aromatic rings. The number of hydrogen-bond acceptors (Lipinski definition) is 3. The van der Waals surface area contributed by atoms with Crippen LogP contribution >= 0.6 is 0 Å². The van der Waals surface area contributed by atoms with Crippen LogP contribution in [0.2, 0.25) is 0 Å². The van der Waals surface area contributed by atoms with Gasteiger partial charge in [-0.3, -0.25) is 0 Å². The van der Waals surface area contributed by atoms with Gasteiger partial charge in [-0.2, -0.15) is 0 Å². The van der Waals surface area contributed by atoms with Crippen LogP contribution in [0.1, 0.15) is 45.6 Å². The molecular weight excluding hydrogens is 291 g/mol. The van der Waals surface area contributed by atoms with Gasteiger partial charge in [-0.1, -0.05) is 26.8 Å². The number of halogens is 1. The highest BCUT2D eigenvalue weighted by Crippen LogP contribution is 2.24. The summed E-state index contributed by atoms with van der Waals surface area (Å²) in [5, 5.41) is 2.90. The van der Waals surface area contributed by atoms with Crippen LogP contribution in [-0.2, 0) is 16.6 Å². The largest absolute Gasteiger partial charge is 0.316 e. The molecule has 0 aliphatic heterocycles. The topological polar surface area (TPSA) is 58.2 Å². The van der Waals surface area contributed by atoms with Crippen molar-refractivity contribution >= 4 is 10.0 Å². The zero-order valence-corrected chi connectivity index (χ0v) is 14.0. The zero-order chi connectivity index (χ0) is 16.1. The van der Waals surface area contributed by atoms with Crippen molar-refractivity contribution in [2.75, 3.05) is 7.05 Å². The molecule has 4 nitrogen and oxygen atoms in total. The molecule has 0 unspecified atom stereocenters. The summed E-state index contributed by atoms with van der Waals surface area (Å²) >= 11 is 0.